The topological polar surface area (TPSA) is 20.3 Å². The monoisotopic (exact) mass is 225 g/mol. The Balaban J connectivity index is 2.40. The molecule has 2 aliphatic heterocycles. The third-order valence-electron chi connectivity index (χ3n) is 3.31. The van der Waals surface area contributed by atoms with E-state index in [1.54, 1.807) is 6.08 Å². The van der Waals surface area contributed by atoms with Gasteiger partial charge in [-0.1, -0.05) is 6.08 Å². The van der Waals surface area contributed by atoms with Gasteiger partial charge in [-0.2, -0.15) is 0 Å². The zero-order valence-electron chi connectivity index (χ0n) is 9.91. The van der Waals surface area contributed by atoms with E-state index in [0.717, 1.165) is 12.8 Å². The van der Waals surface area contributed by atoms with Gasteiger partial charge in [-0.3, -0.25) is 4.79 Å². The molecule has 0 bridgehead atoms. The van der Waals surface area contributed by atoms with E-state index in [-0.39, 0.29) is 15.5 Å². The molecule has 1 amide bonds. The van der Waals surface area contributed by atoms with Gasteiger partial charge in [0, 0.05) is 10.8 Å². The van der Waals surface area contributed by atoms with Crippen molar-refractivity contribution in [1.82, 2.24) is 4.90 Å². The van der Waals surface area contributed by atoms with Crippen LogP contribution >= 0.6 is 11.8 Å². The minimum atomic E-state index is -0.0695. The second kappa shape index (κ2) is 3.27. The van der Waals surface area contributed by atoms with Crippen molar-refractivity contribution in [3.05, 3.63) is 12.2 Å². The summed E-state index contributed by atoms with van der Waals surface area (Å²) >= 11 is 1.91. The van der Waals surface area contributed by atoms with Gasteiger partial charge in [0.05, 0.1) is 4.87 Å². The van der Waals surface area contributed by atoms with Crippen LogP contribution in [0.15, 0.2) is 12.2 Å². The van der Waals surface area contributed by atoms with Crippen molar-refractivity contribution in [2.45, 2.75) is 56.2 Å². The summed E-state index contributed by atoms with van der Waals surface area (Å²) in [4.78, 5) is 14.0. The van der Waals surface area contributed by atoms with Gasteiger partial charge in [0.15, 0.2) is 0 Å². The Labute approximate surface area is 96.1 Å². The molecule has 2 rings (SSSR count). The minimum Gasteiger partial charge on any atom is -0.321 e. The summed E-state index contributed by atoms with van der Waals surface area (Å²) in [6.45, 7) is 8.80. The molecule has 2 heterocycles. The molecule has 0 aliphatic carbocycles. The summed E-state index contributed by atoms with van der Waals surface area (Å²) in [5, 5.41) is 0. The predicted octanol–water partition coefficient (Wildman–Crippen LogP) is 2.80. The van der Waals surface area contributed by atoms with Crippen LogP contribution < -0.4 is 0 Å². The zero-order valence-corrected chi connectivity index (χ0v) is 10.7. The van der Waals surface area contributed by atoms with E-state index in [9.17, 15) is 4.79 Å². The third kappa shape index (κ3) is 1.71. The van der Waals surface area contributed by atoms with Crippen LogP contribution in [0.4, 0.5) is 0 Å². The molecule has 0 unspecified atom stereocenters. The maximum absolute atomic E-state index is 12.0. The molecular formula is C12H19NOS. The zero-order chi connectivity index (χ0) is 11.3. The molecule has 0 aromatic heterocycles. The summed E-state index contributed by atoms with van der Waals surface area (Å²) in [7, 11) is 0. The van der Waals surface area contributed by atoms with E-state index < -0.39 is 0 Å². The fourth-order valence-electron chi connectivity index (χ4n) is 2.86. The maximum atomic E-state index is 12.0. The van der Waals surface area contributed by atoms with E-state index in [4.69, 9.17) is 0 Å². The first-order valence-electron chi connectivity index (χ1n) is 5.54. The third-order valence-corrected chi connectivity index (χ3v) is 4.81. The summed E-state index contributed by atoms with van der Waals surface area (Å²) in [5.74, 6) is 0.181. The number of hydrogen-bond donors (Lipinski definition) is 0. The smallest absolute Gasteiger partial charge is 0.247 e. The van der Waals surface area contributed by atoms with Crippen molar-refractivity contribution in [3.8, 4) is 0 Å². The highest BCUT2D eigenvalue weighted by atomic mass is 32.2. The molecule has 0 N–H and O–H groups in total. The Kier molecular flexibility index (Phi) is 2.41. The molecule has 3 heteroatoms. The minimum absolute atomic E-state index is 0.0695. The van der Waals surface area contributed by atoms with Crippen molar-refractivity contribution >= 4 is 17.7 Å². The lowest BCUT2D eigenvalue weighted by Gasteiger charge is -2.34. The highest BCUT2D eigenvalue weighted by molar-refractivity contribution is 8.02. The Hall–Kier alpha value is -0.440. The summed E-state index contributed by atoms with van der Waals surface area (Å²) in [6.07, 6.45) is 5.86. The van der Waals surface area contributed by atoms with Gasteiger partial charge >= 0.3 is 0 Å². The Morgan fingerprint density at radius 1 is 1.40 bits per heavy atom. The van der Waals surface area contributed by atoms with Crippen molar-refractivity contribution in [2.24, 2.45) is 0 Å². The molecule has 1 atom stereocenters. The highest BCUT2D eigenvalue weighted by Gasteiger charge is 2.52. The normalized spacial score (nSPS) is 32.7. The highest BCUT2D eigenvalue weighted by Crippen LogP contribution is 2.52. The number of nitrogens with zero attached hydrogens (tertiary/aromatic N) is 1. The molecule has 0 saturated carbocycles. The number of amides is 1. The van der Waals surface area contributed by atoms with Gasteiger partial charge in [-0.15, -0.1) is 11.8 Å². The van der Waals surface area contributed by atoms with Crippen molar-refractivity contribution in [3.63, 3.8) is 0 Å². The van der Waals surface area contributed by atoms with E-state index in [1.807, 2.05) is 17.8 Å². The first-order chi connectivity index (χ1) is 6.84. The van der Waals surface area contributed by atoms with E-state index in [0.29, 0.717) is 6.04 Å². The van der Waals surface area contributed by atoms with Crippen LogP contribution in [0.1, 0.15) is 40.5 Å². The number of hydrogen-bond acceptors (Lipinski definition) is 2. The molecule has 0 aromatic rings. The molecule has 1 fully saturated rings. The number of carbonyl (C=O) groups excluding carboxylic acids is 1. The molecule has 1 saturated heterocycles. The molecule has 2 aliphatic rings. The van der Waals surface area contributed by atoms with Gasteiger partial charge in [0.2, 0.25) is 5.91 Å². The van der Waals surface area contributed by atoms with Crippen LogP contribution in [-0.4, -0.2) is 26.5 Å². The number of carbonyl (C=O) groups is 1. The number of allylic oxidation sites excluding steroid dienone is 1. The lowest BCUT2D eigenvalue weighted by atomic mass is 9.96. The molecule has 2 nitrogen and oxygen atoms in total. The van der Waals surface area contributed by atoms with Crippen LogP contribution in [0.3, 0.4) is 0 Å². The molecular weight excluding hydrogens is 206 g/mol. The molecule has 15 heavy (non-hydrogen) atoms. The SMILES string of the molecule is CC1(C)SC(C)(C)N2C(=O)C=CCC[C@@H]21. The Bertz CT molecular complexity index is 320. The first-order valence-corrected chi connectivity index (χ1v) is 6.36. The van der Waals surface area contributed by atoms with Gasteiger partial charge in [-0.25, -0.2) is 0 Å². The Morgan fingerprint density at radius 2 is 2.07 bits per heavy atom. The second-order valence-electron chi connectivity index (χ2n) is 5.36. The number of thioether (sulfide) groups is 1. The van der Waals surface area contributed by atoms with Crippen LogP contribution in [-0.2, 0) is 4.79 Å². The molecule has 0 spiro atoms. The second-order valence-corrected chi connectivity index (χ2v) is 7.61. The van der Waals surface area contributed by atoms with Gasteiger partial charge in [0.25, 0.3) is 0 Å². The average molecular weight is 225 g/mol. The first kappa shape index (κ1) is 11.1. The largest absolute Gasteiger partial charge is 0.321 e. The number of fused-ring (bicyclic) bond motifs is 1. The quantitative estimate of drug-likeness (QED) is 0.632. The van der Waals surface area contributed by atoms with Crippen LogP contribution in [0.2, 0.25) is 0 Å². The van der Waals surface area contributed by atoms with Gasteiger partial charge in [0.1, 0.15) is 0 Å². The van der Waals surface area contributed by atoms with Crippen molar-refractivity contribution < 1.29 is 4.79 Å². The van der Waals surface area contributed by atoms with Gasteiger partial charge < -0.3 is 4.90 Å². The molecule has 0 radical (unpaired) electrons. The predicted molar refractivity (Wildman–Crippen MR) is 64.8 cm³/mol. The molecule has 0 aromatic carbocycles. The summed E-state index contributed by atoms with van der Waals surface area (Å²) < 4.78 is 0.172. The fourth-order valence-corrected chi connectivity index (χ4v) is 4.82. The lowest BCUT2D eigenvalue weighted by Crippen LogP contribution is -2.47. The van der Waals surface area contributed by atoms with Crippen molar-refractivity contribution in [2.75, 3.05) is 0 Å². The summed E-state index contributed by atoms with van der Waals surface area (Å²) in [6, 6.07) is 0.375. The fraction of sp³-hybridized carbons (Fsp3) is 0.750. The van der Waals surface area contributed by atoms with Crippen LogP contribution in [0.25, 0.3) is 0 Å². The van der Waals surface area contributed by atoms with E-state index in [1.165, 1.54) is 0 Å². The van der Waals surface area contributed by atoms with Crippen molar-refractivity contribution in [1.29, 1.82) is 0 Å². The standard InChI is InChI=1S/C12H19NOS/c1-11(2)9-7-5-6-8-10(14)13(9)12(3,4)15-11/h6,8-9H,5,7H2,1-4H3/t9-/m1/s1. The van der Waals surface area contributed by atoms with E-state index >= 15 is 0 Å². The summed E-state index contributed by atoms with van der Waals surface area (Å²) in [5.41, 5.74) is 0. The van der Waals surface area contributed by atoms with Gasteiger partial charge in [-0.05, 0) is 46.6 Å². The number of rotatable bonds is 0. The van der Waals surface area contributed by atoms with Crippen LogP contribution in [0, 0.1) is 0 Å². The molecule has 84 valence electrons. The van der Waals surface area contributed by atoms with E-state index in [2.05, 4.69) is 32.6 Å². The average Bonchev–Trinajstić information content (AvgIpc) is 2.20. The van der Waals surface area contributed by atoms with Crippen LogP contribution in [0.5, 0.6) is 0 Å². The maximum Gasteiger partial charge on any atom is 0.247 e. The Morgan fingerprint density at radius 3 is 2.73 bits per heavy atom. The lowest BCUT2D eigenvalue weighted by molar-refractivity contribution is -0.130.